The number of hydrogen-bond donors (Lipinski definition) is 2. The number of nitrogens with one attached hydrogen (secondary N) is 2. The summed E-state index contributed by atoms with van der Waals surface area (Å²) in [4.78, 5) is 49.9. The van der Waals surface area contributed by atoms with Gasteiger partial charge in [-0.15, -0.1) is 0 Å². The molecule has 0 radical (unpaired) electrons. The molecule has 41 heavy (non-hydrogen) atoms. The molecule has 1 saturated heterocycles. The maximum atomic E-state index is 12.9. The van der Waals surface area contributed by atoms with Crippen LogP contribution in [0.1, 0.15) is 80.2 Å². The third kappa shape index (κ3) is 5.12. The zero-order valence-electron chi connectivity index (χ0n) is 23.4. The molecular weight excluding hydrogens is 518 g/mol. The van der Waals surface area contributed by atoms with E-state index in [0.717, 1.165) is 29.1 Å². The highest BCUT2D eigenvalue weighted by Gasteiger charge is 2.46. The molecule has 4 aromatic rings. The molecule has 0 bridgehead atoms. The van der Waals surface area contributed by atoms with Crippen molar-refractivity contribution in [2.45, 2.75) is 64.3 Å². The molecular formula is C30H33N9O2. The largest absolute Gasteiger partial charge is 0.362 e. The predicted molar refractivity (Wildman–Crippen MR) is 154 cm³/mol. The van der Waals surface area contributed by atoms with E-state index < -0.39 is 0 Å². The number of fused-ring (bicyclic) bond motifs is 1. The van der Waals surface area contributed by atoms with Crippen LogP contribution in [0.15, 0.2) is 43.1 Å². The van der Waals surface area contributed by atoms with Crippen molar-refractivity contribution < 1.29 is 9.59 Å². The Morgan fingerprint density at radius 2 is 1.93 bits per heavy atom. The van der Waals surface area contributed by atoms with E-state index in [1.165, 1.54) is 24.7 Å². The summed E-state index contributed by atoms with van der Waals surface area (Å²) in [5.74, 6) is 2.54. The van der Waals surface area contributed by atoms with E-state index in [-0.39, 0.29) is 29.7 Å². The molecule has 4 aromatic heterocycles. The van der Waals surface area contributed by atoms with Gasteiger partial charge in [0.2, 0.25) is 11.8 Å². The molecule has 11 nitrogen and oxygen atoms in total. The fourth-order valence-electron chi connectivity index (χ4n) is 5.72. The van der Waals surface area contributed by atoms with Crippen LogP contribution in [0.3, 0.4) is 0 Å². The topological polar surface area (TPSA) is 130 Å². The van der Waals surface area contributed by atoms with Gasteiger partial charge < -0.3 is 19.9 Å². The quantitative estimate of drug-likeness (QED) is 0.330. The highest BCUT2D eigenvalue weighted by atomic mass is 16.2. The summed E-state index contributed by atoms with van der Waals surface area (Å²) >= 11 is 0. The van der Waals surface area contributed by atoms with Gasteiger partial charge in [0.15, 0.2) is 5.65 Å². The van der Waals surface area contributed by atoms with Crippen molar-refractivity contribution in [1.29, 1.82) is 0 Å². The Balaban J connectivity index is 1.07. The Bertz CT molecular complexity index is 1660. The molecule has 2 N–H and O–H groups in total. The first kappa shape index (κ1) is 25.6. The number of pyridine rings is 1. The number of rotatable bonds is 8. The molecule has 0 unspecified atom stereocenters. The van der Waals surface area contributed by atoms with Crippen molar-refractivity contribution in [2.75, 3.05) is 22.1 Å². The van der Waals surface area contributed by atoms with Gasteiger partial charge in [0.05, 0.1) is 17.4 Å². The monoisotopic (exact) mass is 551 g/mol. The van der Waals surface area contributed by atoms with Gasteiger partial charge in [-0.1, -0.05) is 6.92 Å². The molecule has 1 aliphatic heterocycles. The van der Waals surface area contributed by atoms with Gasteiger partial charge in [-0.3, -0.25) is 9.59 Å². The lowest BCUT2D eigenvalue weighted by molar-refractivity contribution is -0.118. The highest BCUT2D eigenvalue weighted by Crippen LogP contribution is 2.46. The van der Waals surface area contributed by atoms with Gasteiger partial charge in [-0.2, -0.15) is 0 Å². The summed E-state index contributed by atoms with van der Waals surface area (Å²) in [6.45, 7) is 6.77. The molecule has 2 aliphatic carbocycles. The van der Waals surface area contributed by atoms with E-state index in [4.69, 9.17) is 4.98 Å². The fourth-order valence-corrected chi connectivity index (χ4v) is 5.72. The smallest absolute Gasteiger partial charge is 0.229 e. The second kappa shape index (κ2) is 9.90. The summed E-state index contributed by atoms with van der Waals surface area (Å²) in [6, 6.07) is 5.56. The molecule has 5 heterocycles. The molecule has 3 aliphatic rings. The molecule has 210 valence electrons. The minimum absolute atomic E-state index is 0.0359. The average Bonchev–Trinajstić information content (AvgIpc) is 3.86. The van der Waals surface area contributed by atoms with Gasteiger partial charge in [0, 0.05) is 55.2 Å². The van der Waals surface area contributed by atoms with Crippen LogP contribution in [0.5, 0.6) is 0 Å². The van der Waals surface area contributed by atoms with Crippen molar-refractivity contribution >= 4 is 34.8 Å². The van der Waals surface area contributed by atoms with Crippen LogP contribution in [0.4, 0.5) is 17.3 Å². The summed E-state index contributed by atoms with van der Waals surface area (Å²) in [6.07, 6.45) is 11.0. The van der Waals surface area contributed by atoms with Crippen molar-refractivity contribution in [3.8, 4) is 0 Å². The summed E-state index contributed by atoms with van der Waals surface area (Å²) in [5, 5.41) is 6.31. The number of anilines is 3. The molecule has 2 amide bonds. The molecule has 0 aromatic carbocycles. The summed E-state index contributed by atoms with van der Waals surface area (Å²) < 4.78 is 2.06. The molecule has 11 heteroatoms. The van der Waals surface area contributed by atoms with Crippen LogP contribution in [0, 0.1) is 18.8 Å². The third-order valence-electron chi connectivity index (χ3n) is 8.23. The Morgan fingerprint density at radius 1 is 1.10 bits per heavy atom. The maximum Gasteiger partial charge on any atom is 0.229 e. The maximum absolute atomic E-state index is 12.9. The van der Waals surface area contributed by atoms with Crippen molar-refractivity contribution in [3.63, 3.8) is 0 Å². The molecule has 0 spiro atoms. The Morgan fingerprint density at radius 3 is 2.68 bits per heavy atom. The van der Waals surface area contributed by atoms with Gasteiger partial charge in [0.1, 0.15) is 23.8 Å². The molecule has 3 fully saturated rings. The molecule has 7 rings (SSSR count). The summed E-state index contributed by atoms with van der Waals surface area (Å²) in [7, 11) is 0. The number of carbonyl (C=O) groups is 2. The lowest BCUT2D eigenvalue weighted by Gasteiger charge is -2.18. The Hall–Kier alpha value is -4.41. The average molecular weight is 552 g/mol. The highest BCUT2D eigenvalue weighted by molar-refractivity contribution is 5.99. The number of imidazole rings is 1. The van der Waals surface area contributed by atoms with Crippen molar-refractivity contribution in [1.82, 2.24) is 29.3 Å². The number of amides is 2. The standard InChI is InChI=1S/C30H33N9O2/c1-16-8-27(40)39(12-16)24-9-20(19-4-5-19)13-38-14-23(36-29(24)38)18(3)35-25-11-26(33-15-32-25)37-30(41)22-10-21(22)28-31-7-6-17(2)34-28/h6-7,9,11,13-16,18-19,21-22H,4-5,8,10,12H2,1-3H3,(H2,32,33,35,37,41)/t16-,18-,21+,22+/m1/s1. The van der Waals surface area contributed by atoms with E-state index in [9.17, 15) is 9.59 Å². The van der Waals surface area contributed by atoms with Gasteiger partial charge in [0.25, 0.3) is 0 Å². The van der Waals surface area contributed by atoms with E-state index >= 15 is 0 Å². The minimum atomic E-state index is -0.176. The van der Waals surface area contributed by atoms with Crippen LogP contribution >= 0.6 is 0 Å². The first-order valence-electron chi connectivity index (χ1n) is 14.3. The Labute approximate surface area is 237 Å². The number of aryl methyl sites for hydroxylation is 1. The lowest BCUT2D eigenvalue weighted by Crippen LogP contribution is -2.25. The number of hydrogen-bond acceptors (Lipinski definition) is 8. The van der Waals surface area contributed by atoms with Gasteiger partial charge >= 0.3 is 0 Å². The zero-order chi connectivity index (χ0) is 28.2. The second-order valence-corrected chi connectivity index (χ2v) is 11.8. The van der Waals surface area contributed by atoms with Crippen LogP contribution in [-0.4, -0.2) is 47.7 Å². The molecule has 2 saturated carbocycles. The second-order valence-electron chi connectivity index (χ2n) is 11.8. The van der Waals surface area contributed by atoms with Crippen LogP contribution in [0.2, 0.25) is 0 Å². The predicted octanol–water partition coefficient (Wildman–Crippen LogP) is 4.39. The SMILES string of the molecule is Cc1ccnc([C@H]2C[C@@H]2C(=O)Nc2cc(N[C@H](C)c3cn4cc(C5CC5)cc(N5C[C@H](C)CC5=O)c4n3)ncn2)n1. The van der Waals surface area contributed by atoms with Crippen LogP contribution < -0.4 is 15.5 Å². The molecule has 4 atom stereocenters. The van der Waals surface area contributed by atoms with Gasteiger partial charge in [-0.25, -0.2) is 24.9 Å². The van der Waals surface area contributed by atoms with Gasteiger partial charge in [-0.05, 0) is 62.6 Å². The first-order chi connectivity index (χ1) is 19.8. The van der Waals surface area contributed by atoms with E-state index in [1.54, 1.807) is 12.3 Å². The first-order valence-corrected chi connectivity index (χ1v) is 14.3. The van der Waals surface area contributed by atoms with Crippen LogP contribution in [0.25, 0.3) is 5.65 Å². The summed E-state index contributed by atoms with van der Waals surface area (Å²) in [5.41, 5.74) is 4.66. The number of carbonyl (C=O) groups excluding carboxylic acids is 2. The van der Waals surface area contributed by atoms with Crippen molar-refractivity contribution in [2.24, 2.45) is 11.8 Å². The zero-order valence-corrected chi connectivity index (χ0v) is 23.4. The normalized spacial score (nSPS) is 22.7. The lowest BCUT2D eigenvalue weighted by atomic mass is 10.1. The van der Waals surface area contributed by atoms with Crippen molar-refractivity contribution in [3.05, 3.63) is 65.9 Å². The van der Waals surface area contributed by atoms with E-state index in [1.807, 2.05) is 31.0 Å². The fraction of sp³-hybridized carbons (Fsp3) is 0.433. The Kier molecular flexibility index (Phi) is 6.17. The van der Waals surface area contributed by atoms with Crippen LogP contribution in [-0.2, 0) is 9.59 Å². The van der Waals surface area contributed by atoms with E-state index in [2.05, 4.69) is 54.2 Å². The number of nitrogens with zero attached hydrogens (tertiary/aromatic N) is 7. The van der Waals surface area contributed by atoms with E-state index in [0.29, 0.717) is 42.3 Å². The third-order valence-corrected chi connectivity index (χ3v) is 8.23. The number of aromatic nitrogens is 6. The minimum Gasteiger partial charge on any atom is -0.362 e.